The van der Waals surface area contributed by atoms with Gasteiger partial charge in [-0.15, -0.1) is 0 Å². The number of hydrogen-bond donors (Lipinski definition) is 1. The first kappa shape index (κ1) is 24.4. The highest BCUT2D eigenvalue weighted by molar-refractivity contribution is 5.97. The molecule has 7 aromatic carbocycles. The quantitative estimate of drug-likeness (QED) is 0.231. The molecule has 0 radical (unpaired) electrons. The first-order valence-electron chi connectivity index (χ1n) is 14.5. The summed E-state index contributed by atoms with van der Waals surface area (Å²) < 4.78 is 0. The van der Waals surface area contributed by atoms with Crippen LogP contribution in [-0.4, -0.2) is 0 Å². The maximum Gasteiger partial charge on any atom is 0.0714 e. The fourth-order valence-electron chi connectivity index (χ4n) is 6.90. The summed E-state index contributed by atoms with van der Waals surface area (Å²) in [5.74, 6) is 0. The summed E-state index contributed by atoms with van der Waals surface area (Å²) >= 11 is 0. The third-order valence-corrected chi connectivity index (χ3v) is 8.73. The zero-order valence-electron chi connectivity index (χ0n) is 23.2. The van der Waals surface area contributed by atoms with E-state index >= 15 is 0 Å². The van der Waals surface area contributed by atoms with Gasteiger partial charge in [-0.25, -0.2) is 0 Å². The Morgan fingerprint density at radius 2 is 0.952 bits per heavy atom. The van der Waals surface area contributed by atoms with E-state index in [2.05, 4.69) is 175 Å². The number of rotatable bonds is 5. The lowest BCUT2D eigenvalue weighted by molar-refractivity contribution is 0.769. The Balaban J connectivity index is 1.23. The molecule has 7 aromatic rings. The van der Waals surface area contributed by atoms with Crippen molar-refractivity contribution in [2.45, 2.75) is 5.41 Å². The summed E-state index contributed by atoms with van der Waals surface area (Å²) in [7, 11) is 0. The third-order valence-electron chi connectivity index (χ3n) is 8.73. The molecule has 0 bridgehead atoms. The van der Waals surface area contributed by atoms with Gasteiger partial charge in [-0.2, -0.15) is 0 Å². The van der Waals surface area contributed by atoms with Gasteiger partial charge in [-0.05, 0) is 79.5 Å². The molecular formula is C41H29N. The molecule has 1 nitrogen and oxygen atoms in total. The molecule has 0 heterocycles. The Morgan fingerprint density at radius 3 is 1.71 bits per heavy atom. The number of fused-ring (bicyclic) bond motifs is 4. The Hall–Kier alpha value is -5.40. The summed E-state index contributed by atoms with van der Waals surface area (Å²) in [6.07, 6.45) is 0. The van der Waals surface area contributed by atoms with Crippen LogP contribution in [0, 0.1) is 0 Å². The summed E-state index contributed by atoms with van der Waals surface area (Å²) in [4.78, 5) is 0. The van der Waals surface area contributed by atoms with Gasteiger partial charge in [0.25, 0.3) is 0 Å². The second-order valence-electron chi connectivity index (χ2n) is 11.0. The maximum absolute atomic E-state index is 3.72. The highest BCUT2D eigenvalue weighted by Crippen LogP contribution is 2.56. The van der Waals surface area contributed by atoms with Gasteiger partial charge in [-0.3, -0.25) is 0 Å². The Labute approximate surface area is 246 Å². The smallest absolute Gasteiger partial charge is 0.0714 e. The van der Waals surface area contributed by atoms with Gasteiger partial charge in [0.1, 0.15) is 0 Å². The van der Waals surface area contributed by atoms with Crippen LogP contribution in [0.1, 0.15) is 22.3 Å². The largest absolute Gasteiger partial charge is 0.356 e. The van der Waals surface area contributed by atoms with Crippen LogP contribution in [0.2, 0.25) is 0 Å². The minimum absolute atomic E-state index is 0.398. The van der Waals surface area contributed by atoms with Gasteiger partial charge in [0, 0.05) is 11.4 Å². The van der Waals surface area contributed by atoms with Crippen LogP contribution in [-0.2, 0) is 5.41 Å². The molecule has 0 atom stereocenters. The van der Waals surface area contributed by atoms with E-state index in [-0.39, 0.29) is 0 Å². The van der Waals surface area contributed by atoms with Crippen LogP contribution in [0.5, 0.6) is 0 Å². The fourth-order valence-corrected chi connectivity index (χ4v) is 6.90. The first-order chi connectivity index (χ1) is 20.8. The van der Waals surface area contributed by atoms with Crippen molar-refractivity contribution in [1.29, 1.82) is 0 Å². The van der Waals surface area contributed by atoms with Crippen molar-refractivity contribution in [2.75, 3.05) is 5.32 Å². The molecular weight excluding hydrogens is 506 g/mol. The molecule has 198 valence electrons. The van der Waals surface area contributed by atoms with E-state index in [1.165, 1.54) is 55.3 Å². The highest BCUT2D eigenvalue weighted by atomic mass is 14.9. The van der Waals surface area contributed by atoms with Crippen LogP contribution in [0.4, 0.5) is 11.4 Å². The van der Waals surface area contributed by atoms with Crippen molar-refractivity contribution in [3.63, 3.8) is 0 Å². The molecule has 1 aliphatic rings. The normalized spacial score (nSPS) is 13.0. The summed E-state index contributed by atoms with van der Waals surface area (Å²) in [6, 6.07) is 61.5. The summed E-state index contributed by atoms with van der Waals surface area (Å²) in [6.45, 7) is 0. The minimum atomic E-state index is -0.398. The van der Waals surface area contributed by atoms with Gasteiger partial charge in [0.2, 0.25) is 0 Å². The average Bonchev–Trinajstić information content (AvgIpc) is 3.36. The zero-order valence-corrected chi connectivity index (χ0v) is 23.2. The van der Waals surface area contributed by atoms with E-state index < -0.39 is 5.41 Å². The molecule has 8 rings (SSSR count). The maximum atomic E-state index is 3.72. The molecule has 0 amide bonds. The lowest BCUT2D eigenvalue weighted by atomic mass is 9.67. The molecule has 1 N–H and O–H groups in total. The van der Waals surface area contributed by atoms with E-state index in [9.17, 15) is 0 Å². The predicted octanol–water partition coefficient (Wildman–Crippen LogP) is 10.6. The Kier molecular flexibility index (Phi) is 5.75. The van der Waals surface area contributed by atoms with Crippen molar-refractivity contribution in [1.82, 2.24) is 0 Å². The zero-order chi connectivity index (χ0) is 27.9. The lowest BCUT2D eigenvalue weighted by Gasteiger charge is -2.34. The van der Waals surface area contributed by atoms with Crippen molar-refractivity contribution >= 4 is 22.1 Å². The minimum Gasteiger partial charge on any atom is -0.356 e. The van der Waals surface area contributed by atoms with Crippen LogP contribution >= 0.6 is 0 Å². The number of hydrogen-bond acceptors (Lipinski definition) is 1. The van der Waals surface area contributed by atoms with E-state index in [4.69, 9.17) is 0 Å². The molecule has 0 saturated heterocycles. The van der Waals surface area contributed by atoms with E-state index in [1.807, 2.05) is 0 Å². The monoisotopic (exact) mass is 535 g/mol. The summed E-state index contributed by atoms with van der Waals surface area (Å²) in [5.41, 5.74) is 12.0. The van der Waals surface area contributed by atoms with Crippen LogP contribution in [0.3, 0.4) is 0 Å². The van der Waals surface area contributed by atoms with E-state index in [0.29, 0.717) is 0 Å². The van der Waals surface area contributed by atoms with Crippen molar-refractivity contribution in [2.24, 2.45) is 0 Å². The second kappa shape index (κ2) is 9.90. The molecule has 42 heavy (non-hydrogen) atoms. The van der Waals surface area contributed by atoms with Gasteiger partial charge < -0.3 is 5.32 Å². The number of benzene rings is 7. The van der Waals surface area contributed by atoms with Crippen LogP contribution in [0.15, 0.2) is 170 Å². The van der Waals surface area contributed by atoms with Crippen molar-refractivity contribution in [3.05, 3.63) is 192 Å². The topological polar surface area (TPSA) is 12.0 Å². The van der Waals surface area contributed by atoms with Gasteiger partial charge in [0.05, 0.1) is 5.41 Å². The molecule has 0 fully saturated rings. The lowest BCUT2D eigenvalue weighted by Crippen LogP contribution is -2.28. The third kappa shape index (κ3) is 3.78. The van der Waals surface area contributed by atoms with Crippen LogP contribution in [0.25, 0.3) is 33.0 Å². The number of nitrogens with one attached hydrogen (secondary N) is 1. The molecule has 0 unspecified atom stereocenters. The van der Waals surface area contributed by atoms with Gasteiger partial charge >= 0.3 is 0 Å². The van der Waals surface area contributed by atoms with Crippen LogP contribution < -0.4 is 5.32 Å². The van der Waals surface area contributed by atoms with Crippen molar-refractivity contribution in [3.8, 4) is 22.3 Å². The molecule has 0 aliphatic heterocycles. The second-order valence-corrected chi connectivity index (χ2v) is 11.0. The van der Waals surface area contributed by atoms with Crippen molar-refractivity contribution < 1.29 is 0 Å². The number of anilines is 2. The molecule has 1 heteroatoms. The Morgan fingerprint density at radius 1 is 0.381 bits per heavy atom. The standard InChI is InChI=1S/C41H29N/c1-3-14-31(15-4-1)41(32-16-5-2-6-17-32)39-21-10-9-19-37(39)38-27-26-34(28-40(38)41)42-33-24-22-30(23-25-33)36-20-11-13-29-12-7-8-18-35(29)36/h1-28,42H. The predicted molar refractivity (Wildman–Crippen MR) is 176 cm³/mol. The highest BCUT2D eigenvalue weighted by Gasteiger charge is 2.45. The van der Waals surface area contributed by atoms with Gasteiger partial charge in [0.15, 0.2) is 0 Å². The Bertz CT molecular complexity index is 2000. The van der Waals surface area contributed by atoms with Gasteiger partial charge in [-0.1, -0.05) is 146 Å². The van der Waals surface area contributed by atoms with E-state index in [0.717, 1.165) is 11.4 Å². The van der Waals surface area contributed by atoms with E-state index in [1.54, 1.807) is 0 Å². The molecule has 0 aromatic heterocycles. The molecule has 1 aliphatic carbocycles. The molecule has 0 saturated carbocycles. The average molecular weight is 536 g/mol. The summed E-state index contributed by atoms with van der Waals surface area (Å²) in [5, 5.41) is 6.25. The molecule has 0 spiro atoms. The fraction of sp³-hybridized carbons (Fsp3) is 0.0244. The SMILES string of the molecule is c1ccc(C2(c3ccccc3)c3ccccc3-c3ccc(Nc4ccc(-c5cccc6ccccc56)cc4)cc32)cc1. The first-order valence-corrected chi connectivity index (χ1v) is 14.5.